The van der Waals surface area contributed by atoms with E-state index < -0.39 is 0 Å². The highest BCUT2D eigenvalue weighted by Gasteiger charge is 2.10. The van der Waals surface area contributed by atoms with Crippen molar-refractivity contribution in [1.29, 1.82) is 0 Å². The standard InChI is InChI=1S/C17H18N6/c1-5-11(2)20-14-6-7-15(21-12(14)3)13-8-9-23-16(13)10-19-17(18-4)22-23/h5-10H,1H2,2-4H3,(H,18,22). The van der Waals surface area contributed by atoms with Crippen LogP contribution < -0.4 is 5.32 Å². The maximum absolute atomic E-state index is 4.67. The first-order valence-corrected chi connectivity index (χ1v) is 7.30. The van der Waals surface area contributed by atoms with Crippen molar-refractivity contribution < 1.29 is 0 Å². The van der Waals surface area contributed by atoms with Crippen LogP contribution in [-0.4, -0.2) is 32.3 Å². The average Bonchev–Trinajstić information content (AvgIpc) is 2.99. The van der Waals surface area contributed by atoms with Crippen molar-refractivity contribution in [3.8, 4) is 11.3 Å². The van der Waals surface area contributed by atoms with E-state index in [1.165, 1.54) is 0 Å². The predicted molar refractivity (Wildman–Crippen MR) is 93.5 cm³/mol. The Morgan fingerprint density at radius 1 is 1.35 bits per heavy atom. The number of rotatable bonds is 4. The number of nitrogens with zero attached hydrogens (tertiary/aromatic N) is 5. The maximum atomic E-state index is 4.67. The number of hydrogen-bond acceptors (Lipinski definition) is 5. The Kier molecular flexibility index (Phi) is 3.89. The van der Waals surface area contributed by atoms with Gasteiger partial charge in [0.15, 0.2) is 0 Å². The normalized spacial score (nSPS) is 11.7. The molecule has 0 aliphatic rings. The van der Waals surface area contributed by atoms with Crippen LogP contribution in [0.1, 0.15) is 12.6 Å². The summed E-state index contributed by atoms with van der Waals surface area (Å²) in [5.74, 6) is 0.577. The molecule has 3 aromatic rings. The summed E-state index contributed by atoms with van der Waals surface area (Å²) in [7, 11) is 1.79. The number of nitrogens with one attached hydrogen (secondary N) is 1. The number of aromatic nitrogens is 4. The second-order valence-electron chi connectivity index (χ2n) is 5.15. The van der Waals surface area contributed by atoms with Gasteiger partial charge in [0, 0.05) is 24.5 Å². The van der Waals surface area contributed by atoms with Crippen molar-refractivity contribution in [1.82, 2.24) is 19.6 Å². The van der Waals surface area contributed by atoms with Gasteiger partial charge in [0.05, 0.1) is 28.8 Å². The largest absolute Gasteiger partial charge is 0.356 e. The van der Waals surface area contributed by atoms with Gasteiger partial charge in [-0.1, -0.05) is 6.58 Å². The molecule has 116 valence electrons. The molecule has 0 amide bonds. The topological polar surface area (TPSA) is 67.5 Å². The van der Waals surface area contributed by atoms with E-state index in [9.17, 15) is 0 Å². The third-order valence-electron chi connectivity index (χ3n) is 3.57. The fourth-order valence-electron chi connectivity index (χ4n) is 2.29. The number of hydrogen-bond donors (Lipinski definition) is 1. The highest BCUT2D eigenvalue weighted by molar-refractivity contribution is 5.94. The molecule has 3 rings (SSSR count). The lowest BCUT2D eigenvalue weighted by Crippen LogP contribution is -2.00. The lowest BCUT2D eigenvalue weighted by Gasteiger charge is -2.05. The van der Waals surface area contributed by atoms with Gasteiger partial charge in [0.2, 0.25) is 5.95 Å². The molecule has 0 fully saturated rings. The SMILES string of the molecule is C=CC(C)=Nc1ccc(-c2ccn3nc(NC)ncc23)nc1C. The average molecular weight is 306 g/mol. The highest BCUT2D eigenvalue weighted by atomic mass is 15.3. The van der Waals surface area contributed by atoms with Gasteiger partial charge in [-0.15, -0.1) is 5.10 Å². The number of aliphatic imine (C=N–C) groups is 1. The Hall–Kier alpha value is -3.02. The van der Waals surface area contributed by atoms with Crippen molar-refractivity contribution in [2.45, 2.75) is 13.8 Å². The van der Waals surface area contributed by atoms with E-state index in [0.717, 1.165) is 33.9 Å². The second kappa shape index (κ2) is 6.00. The summed E-state index contributed by atoms with van der Waals surface area (Å²) in [4.78, 5) is 13.4. The Labute approximate surface area is 134 Å². The van der Waals surface area contributed by atoms with Crippen LogP contribution in [0.3, 0.4) is 0 Å². The van der Waals surface area contributed by atoms with E-state index in [1.54, 1.807) is 23.8 Å². The van der Waals surface area contributed by atoms with Crippen LogP contribution in [0.5, 0.6) is 0 Å². The molecule has 0 aliphatic heterocycles. The third kappa shape index (κ3) is 2.83. The summed E-state index contributed by atoms with van der Waals surface area (Å²) in [6.07, 6.45) is 5.42. The van der Waals surface area contributed by atoms with E-state index in [-0.39, 0.29) is 0 Å². The van der Waals surface area contributed by atoms with Gasteiger partial charge >= 0.3 is 0 Å². The molecule has 0 unspecified atom stereocenters. The van der Waals surface area contributed by atoms with Crippen LogP contribution >= 0.6 is 0 Å². The van der Waals surface area contributed by atoms with Crippen LogP contribution in [-0.2, 0) is 0 Å². The zero-order valence-electron chi connectivity index (χ0n) is 13.4. The van der Waals surface area contributed by atoms with Crippen molar-refractivity contribution in [2.24, 2.45) is 4.99 Å². The van der Waals surface area contributed by atoms with E-state index in [2.05, 4.69) is 32.0 Å². The zero-order valence-corrected chi connectivity index (χ0v) is 13.4. The van der Waals surface area contributed by atoms with Crippen LogP contribution in [0.2, 0.25) is 0 Å². The molecule has 0 aromatic carbocycles. The van der Waals surface area contributed by atoms with E-state index in [0.29, 0.717) is 5.95 Å². The van der Waals surface area contributed by atoms with Crippen LogP contribution in [0, 0.1) is 6.92 Å². The molecule has 0 spiro atoms. The molecule has 0 bridgehead atoms. The summed E-state index contributed by atoms with van der Waals surface area (Å²) in [5, 5.41) is 7.29. The number of pyridine rings is 1. The molecular formula is C17H18N6. The number of allylic oxidation sites excluding steroid dienone is 1. The van der Waals surface area contributed by atoms with Crippen LogP contribution in [0.15, 0.2) is 48.2 Å². The minimum atomic E-state index is 0.577. The molecule has 1 N–H and O–H groups in total. The predicted octanol–water partition coefficient (Wildman–Crippen LogP) is 3.42. The number of anilines is 1. The first kappa shape index (κ1) is 14.9. The fourth-order valence-corrected chi connectivity index (χ4v) is 2.29. The fraction of sp³-hybridized carbons (Fsp3) is 0.176. The molecule has 0 saturated carbocycles. The molecule has 6 nitrogen and oxygen atoms in total. The molecular weight excluding hydrogens is 288 g/mol. The molecule has 0 aliphatic carbocycles. The molecule has 6 heteroatoms. The molecule has 0 atom stereocenters. The third-order valence-corrected chi connectivity index (χ3v) is 3.57. The lowest BCUT2D eigenvalue weighted by molar-refractivity contribution is 0.909. The van der Waals surface area contributed by atoms with Crippen molar-refractivity contribution in [2.75, 3.05) is 12.4 Å². The second-order valence-corrected chi connectivity index (χ2v) is 5.15. The molecule has 23 heavy (non-hydrogen) atoms. The van der Waals surface area contributed by atoms with Gasteiger partial charge in [-0.2, -0.15) is 0 Å². The van der Waals surface area contributed by atoms with Crippen molar-refractivity contribution in [3.63, 3.8) is 0 Å². The van der Waals surface area contributed by atoms with Gasteiger partial charge in [0.25, 0.3) is 0 Å². The monoisotopic (exact) mass is 306 g/mol. The first-order chi connectivity index (χ1) is 11.1. The van der Waals surface area contributed by atoms with Gasteiger partial charge < -0.3 is 5.32 Å². The van der Waals surface area contributed by atoms with Crippen LogP contribution in [0.4, 0.5) is 11.6 Å². The van der Waals surface area contributed by atoms with E-state index in [4.69, 9.17) is 0 Å². The van der Waals surface area contributed by atoms with Gasteiger partial charge in [-0.3, -0.25) is 9.98 Å². The Morgan fingerprint density at radius 3 is 2.87 bits per heavy atom. The highest BCUT2D eigenvalue weighted by Crippen LogP contribution is 2.27. The number of fused-ring (bicyclic) bond motifs is 1. The Morgan fingerprint density at radius 2 is 2.17 bits per heavy atom. The molecule has 0 radical (unpaired) electrons. The van der Waals surface area contributed by atoms with Crippen molar-refractivity contribution >= 4 is 22.9 Å². The van der Waals surface area contributed by atoms with E-state index in [1.807, 2.05) is 38.2 Å². The van der Waals surface area contributed by atoms with Crippen LogP contribution in [0.25, 0.3) is 16.8 Å². The lowest BCUT2D eigenvalue weighted by atomic mass is 10.1. The van der Waals surface area contributed by atoms with E-state index >= 15 is 0 Å². The first-order valence-electron chi connectivity index (χ1n) is 7.30. The summed E-state index contributed by atoms with van der Waals surface area (Å²) in [6.45, 7) is 7.59. The Balaban J connectivity index is 2.06. The quantitative estimate of drug-likeness (QED) is 0.750. The summed E-state index contributed by atoms with van der Waals surface area (Å²) < 4.78 is 1.79. The van der Waals surface area contributed by atoms with Crippen molar-refractivity contribution in [3.05, 3.63) is 48.9 Å². The molecule has 0 saturated heterocycles. The maximum Gasteiger partial charge on any atom is 0.240 e. The minimum Gasteiger partial charge on any atom is -0.356 e. The Bertz CT molecular complexity index is 907. The molecule has 3 aromatic heterocycles. The van der Waals surface area contributed by atoms with Gasteiger partial charge in [-0.25, -0.2) is 9.50 Å². The molecule has 3 heterocycles. The summed E-state index contributed by atoms with van der Waals surface area (Å²) in [5.41, 5.74) is 5.37. The zero-order chi connectivity index (χ0) is 16.4. The summed E-state index contributed by atoms with van der Waals surface area (Å²) in [6, 6.07) is 5.92. The van der Waals surface area contributed by atoms with Gasteiger partial charge in [-0.05, 0) is 38.1 Å². The number of aryl methyl sites for hydroxylation is 1. The minimum absolute atomic E-state index is 0.577. The summed E-state index contributed by atoms with van der Waals surface area (Å²) >= 11 is 0. The van der Waals surface area contributed by atoms with Gasteiger partial charge in [0.1, 0.15) is 0 Å². The smallest absolute Gasteiger partial charge is 0.240 e.